The number of benzene rings is 1. The average molecular weight is 431 g/mol. The quantitative estimate of drug-likeness (QED) is 0.437. The fraction of sp³-hybridized carbons (Fsp3) is 0.588. The zero-order chi connectivity index (χ0) is 15.4. The second kappa shape index (κ2) is 8.30. The number of anilines is 1. The van der Waals surface area contributed by atoms with Gasteiger partial charge in [0.2, 0.25) is 0 Å². The van der Waals surface area contributed by atoms with Crippen molar-refractivity contribution in [1.82, 2.24) is 0 Å². The van der Waals surface area contributed by atoms with Gasteiger partial charge in [0.05, 0.1) is 13.2 Å². The minimum atomic E-state index is -0.336. The Morgan fingerprint density at radius 2 is 2.13 bits per heavy atom. The van der Waals surface area contributed by atoms with Gasteiger partial charge in [-0.3, -0.25) is 4.99 Å². The number of hydrogen-bond acceptors (Lipinski definition) is 3. The number of aryl methyl sites for hydroxylation is 1. The molecular weight excluding hydrogens is 405 g/mol. The molecule has 6 heteroatoms. The van der Waals surface area contributed by atoms with Crippen molar-refractivity contribution in [1.29, 1.82) is 0 Å². The number of halogens is 1. The Hall–Kier alpha value is -0.860. The van der Waals surface area contributed by atoms with E-state index in [1.807, 2.05) is 31.2 Å². The highest BCUT2D eigenvalue weighted by Crippen LogP contribution is 2.37. The van der Waals surface area contributed by atoms with Gasteiger partial charge in [0.25, 0.3) is 0 Å². The van der Waals surface area contributed by atoms with Crippen LogP contribution in [0.4, 0.5) is 5.69 Å². The Morgan fingerprint density at radius 1 is 1.35 bits per heavy atom. The van der Waals surface area contributed by atoms with Crippen LogP contribution in [0.3, 0.4) is 0 Å². The van der Waals surface area contributed by atoms with E-state index in [1.165, 1.54) is 24.8 Å². The first-order chi connectivity index (χ1) is 10.7. The van der Waals surface area contributed by atoms with Crippen LogP contribution >= 0.6 is 24.0 Å². The van der Waals surface area contributed by atoms with Gasteiger partial charge in [0.15, 0.2) is 11.7 Å². The van der Waals surface area contributed by atoms with E-state index in [0.717, 1.165) is 18.5 Å². The van der Waals surface area contributed by atoms with Crippen molar-refractivity contribution in [3.05, 3.63) is 29.8 Å². The topological polar surface area (TPSA) is 68.9 Å². The van der Waals surface area contributed by atoms with E-state index in [2.05, 4.69) is 10.3 Å². The molecular formula is C17H26IN3O2. The van der Waals surface area contributed by atoms with E-state index in [1.54, 1.807) is 0 Å². The highest BCUT2D eigenvalue weighted by atomic mass is 127. The third-order valence-electron chi connectivity index (χ3n) is 4.28. The summed E-state index contributed by atoms with van der Waals surface area (Å²) in [5, 5.41) is 3.11. The highest BCUT2D eigenvalue weighted by molar-refractivity contribution is 14.0. The fourth-order valence-corrected chi connectivity index (χ4v) is 3.17. The lowest BCUT2D eigenvalue weighted by atomic mass is 9.94. The predicted octanol–water partition coefficient (Wildman–Crippen LogP) is 3.42. The van der Waals surface area contributed by atoms with Crippen molar-refractivity contribution < 1.29 is 9.47 Å². The molecule has 2 aliphatic rings. The SMILES string of the molecule is Cc1cccc(NC(N)=NCC2COC3(CCCCC3)O2)c1.I. The molecule has 3 N–H and O–H groups in total. The van der Waals surface area contributed by atoms with Crippen LogP contribution in [0, 0.1) is 6.92 Å². The van der Waals surface area contributed by atoms with Crippen molar-refractivity contribution in [3.63, 3.8) is 0 Å². The van der Waals surface area contributed by atoms with Gasteiger partial charge in [-0.15, -0.1) is 24.0 Å². The van der Waals surface area contributed by atoms with Gasteiger partial charge in [-0.2, -0.15) is 0 Å². The van der Waals surface area contributed by atoms with Gasteiger partial charge in [-0.25, -0.2) is 0 Å². The first-order valence-corrected chi connectivity index (χ1v) is 8.11. The lowest BCUT2D eigenvalue weighted by Crippen LogP contribution is -2.34. The zero-order valence-corrected chi connectivity index (χ0v) is 15.9. The molecule has 1 unspecified atom stereocenters. The summed E-state index contributed by atoms with van der Waals surface area (Å²) in [6.45, 7) is 3.19. The number of hydrogen-bond donors (Lipinski definition) is 2. The molecule has 5 nitrogen and oxygen atoms in total. The molecule has 0 amide bonds. The van der Waals surface area contributed by atoms with Gasteiger partial charge in [0.1, 0.15) is 6.10 Å². The molecule has 128 valence electrons. The van der Waals surface area contributed by atoms with E-state index in [0.29, 0.717) is 19.1 Å². The van der Waals surface area contributed by atoms with Gasteiger partial charge in [-0.05, 0) is 37.5 Å². The number of nitrogens with zero attached hydrogens (tertiary/aromatic N) is 1. The van der Waals surface area contributed by atoms with Crippen LogP contribution in [0.15, 0.2) is 29.3 Å². The van der Waals surface area contributed by atoms with E-state index in [-0.39, 0.29) is 35.9 Å². The lowest BCUT2D eigenvalue weighted by molar-refractivity contribution is -0.186. The number of guanidine groups is 1. The predicted molar refractivity (Wildman–Crippen MR) is 103 cm³/mol. The molecule has 3 rings (SSSR count). The number of ether oxygens (including phenoxy) is 2. The highest BCUT2D eigenvalue weighted by Gasteiger charge is 2.41. The Kier molecular flexibility index (Phi) is 6.67. The van der Waals surface area contributed by atoms with Crippen LogP contribution in [0.2, 0.25) is 0 Å². The van der Waals surface area contributed by atoms with Crippen molar-refractivity contribution >= 4 is 35.6 Å². The standard InChI is InChI=1S/C17H25N3O2.HI/c1-13-6-5-7-14(10-13)20-16(18)19-11-15-12-21-17(22-15)8-3-2-4-9-17;/h5-7,10,15H,2-4,8-9,11-12H2,1H3,(H3,18,19,20);1H. The van der Waals surface area contributed by atoms with E-state index >= 15 is 0 Å². The third-order valence-corrected chi connectivity index (χ3v) is 4.28. The van der Waals surface area contributed by atoms with Crippen LogP contribution in [0.25, 0.3) is 0 Å². The summed E-state index contributed by atoms with van der Waals surface area (Å²) in [4.78, 5) is 4.39. The number of nitrogens with two attached hydrogens (primary N) is 1. The van der Waals surface area contributed by atoms with Crippen LogP contribution in [0.5, 0.6) is 0 Å². The van der Waals surface area contributed by atoms with Crippen molar-refractivity contribution in [2.45, 2.75) is 50.9 Å². The first-order valence-electron chi connectivity index (χ1n) is 8.11. The maximum atomic E-state index is 6.10. The molecule has 1 atom stereocenters. The van der Waals surface area contributed by atoms with Crippen LogP contribution in [0.1, 0.15) is 37.7 Å². The molecule has 2 fully saturated rings. The normalized spacial score (nSPS) is 23.5. The van der Waals surface area contributed by atoms with Crippen molar-refractivity contribution in [2.75, 3.05) is 18.5 Å². The molecule has 1 aliphatic heterocycles. The molecule has 1 spiro atoms. The van der Waals surface area contributed by atoms with Gasteiger partial charge in [0, 0.05) is 18.5 Å². The molecule has 1 aromatic carbocycles. The molecule has 1 aliphatic carbocycles. The van der Waals surface area contributed by atoms with Crippen molar-refractivity contribution in [3.8, 4) is 0 Å². The Labute approximate surface area is 155 Å². The average Bonchev–Trinajstić information content (AvgIpc) is 2.89. The minimum Gasteiger partial charge on any atom is -0.370 e. The molecule has 23 heavy (non-hydrogen) atoms. The second-order valence-corrected chi connectivity index (χ2v) is 6.24. The minimum absolute atomic E-state index is 0. The summed E-state index contributed by atoms with van der Waals surface area (Å²) in [6, 6.07) is 8.05. The Morgan fingerprint density at radius 3 is 2.87 bits per heavy atom. The first kappa shape index (κ1) is 18.5. The van der Waals surface area contributed by atoms with Crippen LogP contribution in [-0.2, 0) is 9.47 Å². The van der Waals surface area contributed by atoms with Crippen LogP contribution < -0.4 is 11.1 Å². The van der Waals surface area contributed by atoms with Gasteiger partial charge < -0.3 is 20.5 Å². The molecule has 1 saturated heterocycles. The fourth-order valence-electron chi connectivity index (χ4n) is 3.17. The zero-order valence-electron chi connectivity index (χ0n) is 13.6. The van der Waals surface area contributed by atoms with E-state index < -0.39 is 0 Å². The van der Waals surface area contributed by atoms with E-state index in [4.69, 9.17) is 15.2 Å². The number of nitrogens with one attached hydrogen (secondary N) is 1. The largest absolute Gasteiger partial charge is 0.370 e. The second-order valence-electron chi connectivity index (χ2n) is 6.24. The molecule has 0 aromatic heterocycles. The van der Waals surface area contributed by atoms with Crippen molar-refractivity contribution in [2.24, 2.45) is 10.7 Å². The summed E-state index contributed by atoms with van der Waals surface area (Å²) in [5.74, 6) is 0.0794. The Balaban J connectivity index is 0.00000192. The molecule has 0 bridgehead atoms. The lowest BCUT2D eigenvalue weighted by Gasteiger charge is -2.31. The summed E-state index contributed by atoms with van der Waals surface area (Å²) < 4.78 is 12.0. The summed E-state index contributed by atoms with van der Waals surface area (Å²) in [7, 11) is 0. The molecule has 1 aromatic rings. The molecule has 1 saturated carbocycles. The summed E-state index contributed by atoms with van der Waals surface area (Å²) in [5.41, 5.74) is 8.08. The van der Waals surface area contributed by atoms with Gasteiger partial charge >= 0.3 is 0 Å². The molecule has 1 heterocycles. The number of rotatable bonds is 3. The molecule has 0 radical (unpaired) electrons. The maximum Gasteiger partial charge on any atom is 0.193 e. The smallest absolute Gasteiger partial charge is 0.193 e. The summed E-state index contributed by atoms with van der Waals surface area (Å²) >= 11 is 0. The maximum absolute atomic E-state index is 6.10. The third kappa shape index (κ3) is 5.06. The Bertz CT molecular complexity index is 544. The summed E-state index contributed by atoms with van der Waals surface area (Å²) in [6.07, 6.45) is 5.68. The van der Waals surface area contributed by atoms with Crippen LogP contribution in [-0.4, -0.2) is 31.0 Å². The number of aliphatic imine (C=N–C) groups is 1. The monoisotopic (exact) mass is 431 g/mol. The van der Waals surface area contributed by atoms with E-state index in [9.17, 15) is 0 Å². The van der Waals surface area contributed by atoms with Gasteiger partial charge in [-0.1, -0.05) is 18.6 Å².